The van der Waals surface area contributed by atoms with Gasteiger partial charge in [-0.2, -0.15) is 0 Å². The number of nitrogens with zero attached hydrogens (tertiary/aromatic N) is 1. The van der Waals surface area contributed by atoms with Gasteiger partial charge in [-0.15, -0.1) is 0 Å². The molecule has 4 heteroatoms. The Labute approximate surface area is 108 Å². The van der Waals surface area contributed by atoms with Crippen LogP contribution in [0.1, 0.15) is 28.8 Å². The normalized spacial score (nSPS) is 20.7. The minimum atomic E-state index is -0.864. The molecule has 0 aliphatic carbocycles. The van der Waals surface area contributed by atoms with Gasteiger partial charge >= 0.3 is 5.97 Å². The van der Waals surface area contributed by atoms with Crippen molar-refractivity contribution in [1.82, 2.24) is 4.90 Å². The summed E-state index contributed by atoms with van der Waals surface area (Å²) in [5.41, 5.74) is 2.14. The Bertz CT molecular complexity index is 445. The lowest BCUT2D eigenvalue weighted by Crippen LogP contribution is -2.39. The number of carboxylic acids is 1. The Kier molecular flexibility index (Phi) is 3.87. The SMILES string of the molecule is Cc1c(NC2CCCN(C)C2)cccc1C(=O)O. The van der Waals surface area contributed by atoms with Crippen LogP contribution in [0.2, 0.25) is 0 Å². The second-order valence-electron chi connectivity index (χ2n) is 5.03. The fraction of sp³-hybridized carbons (Fsp3) is 0.500. The third-order valence-electron chi connectivity index (χ3n) is 3.55. The molecule has 0 radical (unpaired) electrons. The van der Waals surface area contributed by atoms with Gasteiger partial charge < -0.3 is 15.3 Å². The van der Waals surface area contributed by atoms with E-state index in [0.29, 0.717) is 11.6 Å². The predicted octanol–water partition coefficient (Wildman–Crippen LogP) is 2.20. The molecule has 2 rings (SSSR count). The quantitative estimate of drug-likeness (QED) is 0.861. The number of piperidine rings is 1. The minimum absolute atomic E-state index is 0.379. The van der Waals surface area contributed by atoms with Gasteiger partial charge in [-0.3, -0.25) is 0 Å². The van der Waals surface area contributed by atoms with Crippen molar-refractivity contribution in [3.8, 4) is 0 Å². The Morgan fingerprint density at radius 3 is 2.94 bits per heavy atom. The molecule has 1 aromatic rings. The first-order valence-corrected chi connectivity index (χ1v) is 6.36. The lowest BCUT2D eigenvalue weighted by Gasteiger charge is -2.31. The van der Waals surface area contributed by atoms with Crippen LogP contribution in [0.15, 0.2) is 18.2 Å². The molecule has 0 saturated carbocycles. The minimum Gasteiger partial charge on any atom is -0.478 e. The molecule has 1 unspecified atom stereocenters. The number of benzene rings is 1. The number of hydrogen-bond donors (Lipinski definition) is 2. The van der Waals surface area contributed by atoms with E-state index in [1.807, 2.05) is 13.0 Å². The molecular formula is C14H20N2O2. The molecule has 2 N–H and O–H groups in total. The number of likely N-dealkylation sites (N-methyl/N-ethyl adjacent to an activating group) is 1. The van der Waals surface area contributed by atoms with E-state index < -0.39 is 5.97 Å². The van der Waals surface area contributed by atoms with Crippen molar-refractivity contribution in [2.75, 3.05) is 25.5 Å². The molecular weight excluding hydrogens is 228 g/mol. The number of carboxylic acid groups (broad SMARTS) is 1. The monoisotopic (exact) mass is 248 g/mol. The zero-order valence-corrected chi connectivity index (χ0v) is 10.9. The van der Waals surface area contributed by atoms with Crippen molar-refractivity contribution in [3.05, 3.63) is 29.3 Å². The number of aromatic carboxylic acids is 1. The van der Waals surface area contributed by atoms with E-state index in [2.05, 4.69) is 17.3 Å². The average Bonchev–Trinajstić information content (AvgIpc) is 2.31. The molecule has 0 bridgehead atoms. The molecule has 98 valence electrons. The zero-order valence-electron chi connectivity index (χ0n) is 10.9. The van der Waals surface area contributed by atoms with Crippen LogP contribution >= 0.6 is 0 Å². The van der Waals surface area contributed by atoms with Crippen LogP contribution in [0, 0.1) is 6.92 Å². The van der Waals surface area contributed by atoms with E-state index in [1.165, 1.54) is 6.42 Å². The van der Waals surface area contributed by atoms with Gasteiger partial charge in [-0.1, -0.05) is 6.07 Å². The van der Waals surface area contributed by atoms with E-state index in [1.54, 1.807) is 12.1 Å². The van der Waals surface area contributed by atoms with Crippen molar-refractivity contribution in [2.45, 2.75) is 25.8 Å². The number of nitrogens with one attached hydrogen (secondary N) is 1. The second kappa shape index (κ2) is 5.40. The summed E-state index contributed by atoms with van der Waals surface area (Å²) >= 11 is 0. The molecule has 1 aliphatic rings. The van der Waals surface area contributed by atoms with Crippen LogP contribution < -0.4 is 5.32 Å². The Balaban J connectivity index is 2.14. The third-order valence-corrected chi connectivity index (χ3v) is 3.55. The van der Waals surface area contributed by atoms with E-state index in [0.717, 1.165) is 30.8 Å². The standard InChI is InChI=1S/C14H20N2O2/c1-10-12(14(17)18)6-3-7-13(10)15-11-5-4-8-16(2)9-11/h3,6-7,11,15H,4-5,8-9H2,1-2H3,(H,17,18). The summed E-state index contributed by atoms with van der Waals surface area (Å²) in [5.74, 6) is -0.864. The van der Waals surface area contributed by atoms with Crippen LogP contribution in [0.25, 0.3) is 0 Å². The Morgan fingerprint density at radius 1 is 1.50 bits per heavy atom. The molecule has 1 aliphatic heterocycles. The molecule has 1 fully saturated rings. The molecule has 4 nitrogen and oxygen atoms in total. The molecule has 1 aromatic carbocycles. The van der Waals surface area contributed by atoms with Crippen LogP contribution in [0.3, 0.4) is 0 Å². The fourth-order valence-electron chi connectivity index (χ4n) is 2.53. The van der Waals surface area contributed by atoms with E-state index in [9.17, 15) is 4.79 Å². The molecule has 1 saturated heterocycles. The topological polar surface area (TPSA) is 52.6 Å². The number of anilines is 1. The molecule has 1 atom stereocenters. The van der Waals surface area contributed by atoms with Crippen molar-refractivity contribution < 1.29 is 9.90 Å². The molecule has 0 amide bonds. The Morgan fingerprint density at radius 2 is 2.28 bits per heavy atom. The first-order valence-electron chi connectivity index (χ1n) is 6.36. The Hall–Kier alpha value is -1.55. The van der Waals surface area contributed by atoms with E-state index >= 15 is 0 Å². The van der Waals surface area contributed by atoms with Crippen LogP contribution in [0.4, 0.5) is 5.69 Å². The maximum atomic E-state index is 11.1. The molecule has 0 spiro atoms. The average molecular weight is 248 g/mol. The summed E-state index contributed by atoms with van der Waals surface area (Å²) in [4.78, 5) is 13.4. The molecule has 1 heterocycles. The highest BCUT2D eigenvalue weighted by Crippen LogP contribution is 2.22. The highest BCUT2D eigenvalue weighted by Gasteiger charge is 2.18. The van der Waals surface area contributed by atoms with Gasteiger partial charge in [0.05, 0.1) is 5.56 Å². The summed E-state index contributed by atoms with van der Waals surface area (Å²) in [7, 11) is 2.12. The highest BCUT2D eigenvalue weighted by atomic mass is 16.4. The largest absolute Gasteiger partial charge is 0.478 e. The maximum absolute atomic E-state index is 11.1. The molecule has 18 heavy (non-hydrogen) atoms. The first kappa shape index (κ1) is 12.9. The first-order chi connectivity index (χ1) is 8.58. The van der Waals surface area contributed by atoms with Gasteiger partial charge in [-0.25, -0.2) is 4.79 Å². The summed E-state index contributed by atoms with van der Waals surface area (Å²) in [6.07, 6.45) is 2.33. The van der Waals surface area contributed by atoms with Crippen LogP contribution in [0.5, 0.6) is 0 Å². The number of carbonyl (C=O) groups is 1. The van der Waals surface area contributed by atoms with Crippen LogP contribution in [-0.4, -0.2) is 42.2 Å². The summed E-state index contributed by atoms with van der Waals surface area (Å²) in [6.45, 7) is 4.02. The fourth-order valence-corrected chi connectivity index (χ4v) is 2.53. The predicted molar refractivity (Wildman–Crippen MR) is 72.3 cm³/mol. The smallest absolute Gasteiger partial charge is 0.336 e. The maximum Gasteiger partial charge on any atom is 0.336 e. The lowest BCUT2D eigenvalue weighted by molar-refractivity contribution is 0.0696. The number of likely N-dealkylation sites (tertiary alicyclic amines) is 1. The number of hydrogen-bond acceptors (Lipinski definition) is 3. The van der Waals surface area contributed by atoms with Crippen molar-refractivity contribution in [1.29, 1.82) is 0 Å². The third kappa shape index (κ3) is 2.82. The summed E-state index contributed by atoms with van der Waals surface area (Å²) in [6, 6.07) is 5.81. The van der Waals surface area contributed by atoms with Crippen LogP contribution in [-0.2, 0) is 0 Å². The van der Waals surface area contributed by atoms with Gasteiger partial charge in [0.15, 0.2) is 0 Å². The van der Waals surface area contributed by atoms with Gasteiger partial charge in [0.2, 0.25) is 0 Å². The van der Waals surface area contributed by atoms with Crippen molar-refractivity contribution in [3.63, 3.8) is 0 Å². The van der Waals surface area contributed by atoms with Gasteiger partial charge in [0.25, 0.3) is 0 Å². The van der Waals surface area contributed by atoms with E-state index in [4.69, 9.17) is 5.11 Å². The summed E-state index contributed by atoms with van der Waals surface area (Å²) < 4.78 is 0. The lowest BCUT2D eigenvalue weighted by atomic mass is 10.0. The van der Waals surface area contributed by atoms with Gasteiger partial charge in [-0.05, 0) is 51.1 Å². The molecule has 0 aromatic heterocycles. The summed E-state index contributed by atoms with van der Waals surface area (Å²) in [5, 5.41) is 12.6. The van der Waals surface area contributed by atoms with Crippen molar-refractivity contribution in [2.24, 2.45) is 0 Å². The zero-order chi connectivity index (χ0) is 13.1. The van der Waals surface area contributed by atoms with Crippen molar-refractivity contribution >= 4 is 11.7 Å². The highest BCUT2D eigenvalue weighted by molar-refractivity contribution is 5.91. The van der Waals surface area contributed by atoms with E-state index in [-0.39, 0.29) is 0 Å². The number of rotatable bonds is 3. The van der Waals surface area contributed by atoms with Gasteiger partial charge in [0.1, 0.15) is 0 Å². The van der Waals surface area contributed by atoms with Gasteiger partial charge in [0, 0.05) is 18.3 Å². The second-order valence-corrected chi connectivity index (χ2v) is 5.03.